The Bertz CT molecular complexity index is 539. The molecule has 0 saturated heterocycles. The molecule has 0 fully saturated rings. The van der Waals surface area contributed by atoms with Crippen molar-refractivity contribution in [1.82, 2.24) is 9.29 Å². The smallest absolute Gasteiger partial charge is 0.241 e. The summed E-state index contributed by atoms with van der Waals surface area (Å²) in [6.07, 6.45) is 1.24. The van der Waals surface area contributed by atoms with Crippen molar-refractivity contribution in [2.45, 2.75) is 24.4 Å². The van der Waals surface area contributed by atoms with Gasteiger partial charge in [-0.25, -0.2) is 17.8 Å². The van der Waals surface area contributed by atoms with Gasteiger partial charge in [0.1, 0.15) is 0 Å². The van der Waals surface area contributed by atoms with Crippen molar-refractivity contribution >= 4 is 10.0 Å². The number of halogens is 1. The number of nitriles is 1. The third-order valence-electron chi connectivity index (χ3n) is 2.36. The summed E-state index contributed by atoms with van der Waals surface area (Å²) in [5.74, 6) is -0.900. The number of nitrogens with zero attached hydrogens (tertiary/aromatic N) is 3. The molecule has 1 unspecified atom stereocenters. The predicted octanol–water partition coefficient (Wildman–Crippen LogP) is 1.14. The van der Waals surface area contributed by atoms with Gasteiger partial charge in [0.2, 0.25) is 5.03 Å². The van der Waals surface area contributed by atoms with E-state index in [1.54, 1.807) is 6.92 Å². The number of pyridine rings is 1. The Kier molecular flexibility index (Phi) is 4.15. The van der Waals surface area contributed by atoms with Crippen LogP contribution in [0.4, 0.5) is 4.39 Å². The van der Waals surface area contributed by atoms with Crippen LogP contribution in [-0.2, 0) is 10.0 Å². The average molecular weight is 257 g/mol. The quantitative estimate of drug-likeness (QED) is 0.810. The normalized spacial score (nSPS) is 13.4. The molecule has 1 rings (SSSR count). The molecular formula is C10H12FN3O2S. The van der Waals surface area contributed by atoms with E-state index in [9.17, 15) is 12.8 Å². The van der Waals surface area contributed by atoms with E-state index in [4.69, 9.17) is 5.26 Å². The largest absolute Gasteiger partial charge is 0.263 e. The highest BCUT2D eigenvalue weighted by Gasteiger charge is 2.29. The van der Waals surface area contributed by atoms with Gasteiger partial charge < -0.3 is 0 Å². The Labute approximate surface area is 99.6 Å². The second kappa shape index (κ2) is 5.21. The first-order chi connectivity index (χ1) is 7.91. The van der Waals surface area contributed by atoms with E-state index in [2.05, 4.69) is 4.98 Å². The molecule has 1 aromatic heterocycles. The monoisotopic (exact) mass is 257 g/mol. The van der Waals surface area contributed by atoms with Crippen molar-refractivity contribution in [1.29, 1.82) is 5.26 Å². The minimum absolute atomic E-state index is 0.0319. The van der Waals surface area contributed by atoms with Crippen LogP contribution in [0.1, 0.15) is 13.3 Å². The van der Waals surface area contributed by atoms with Crippen LogP contribution < -0.4 is 0 Å². The fourth-order valence-corrected chi connectivity index (χ4v) is 2.52. The Balaban J connectivity index is 3.13. The maximum absolute atomic E-state index is 13.4. The number of aromatic nitrogens is 1. The number of hydrogen-bond donors (Lipinski definition) is 0. The van der Waals surface area contributed by atoms with Gasteiger partial charge >= 0.3 is 0 Å². The molecule has 0 amide bonds. The zero-order valence-electron chi connectivity index (χ0n) is 9.46. The van der Waals surface area contributed by atoms with Crippen LogP contribution in [0.15, 0.2) is 23.4 Å². The first kappa shape index (κ1) is 13.5. The molecular weight excluding hydrogens is 245 g/mol. The van der Waals surface area contributed by atoms with Gasteiger partial charge in [0, 0.05) is 19.3 Å². The Hall–Kier alpha value is -1.52. The standard InChI is InChI=1S/C10H12FN3O2S/c1-8(5-6-12)14(2)17(15,16)10-9(11)4-3-7-13-10/h3-4,7-8H,5H2,1-2H3. The fourth-order valence-electron chi connectivity index (χ4n) is 1.19. The highest BCUT2D eigenvalue weighted by molar-refractivity contribution is 7.89. The molecule has 7 heteroatoms. The van der Waals surface area contributed by atoms with Crippen LogP contribution in [0.25, 0.3) is 0 Å². The first-order valence-corrected chi connectivity index (χ1v) is 6.30. The molecule has 0 spiro atoms. The summed E-state index contributed by atoms with van der Waals surface area (Å²) in [6.45, 7) is 1.57. The van der Waals surface area contributed by atoms with Crippen molar-refractivity contribution in [3.05, 3.63) is 24.1 Å². The molecule has 0 N–H and O–H groups in total. The van der Waals surface area contributed by atoms with E-state index in [1.807, 2.05) is 6.07 Å². The summed E-state index contributed by atoms with van der Waals surface area (Å²) in [7, 11) is -2.70. The summed E-state index contributed by atoms with van der Waals surface area (Å²) in [5, 5.41) is 7.90. The molecule has 1 heterocycles. The zero-order chi connectivity index (χ0) is 13.1. The van der Waals surface area contributed by atoms with Crippen LogP contribution in [0.2, 0.25) is 0 Å². The van der Waals surface area contributed by atoms with Crippen molar-refractivity contribution in [2.24, 2.45) is 0 Å². The van der Waals surface area contributed by atoms with Crippen molar-refractivity contribution in [2.75, 3.05) is 7.05 Å². The average Bonchev–Trinajstić information content (AvgIpc) is 2.28. The Morgan fingerprint density at radius 1 is 1.65 bits per heavy atom. The second-order valence-corrected chi connectivity index (χ2v) is 5.44. The molecule has 5 nitrogen and oxygen atoms in total. The maximum Gasteiger partial charge on any atom is 0.263 e. The van der Waals surface area contributed by atoms with Crippen LogP contribution >= 0.6 is 0 Å². The highest BCUT2D eigenvalue weighted by atomic mass is 32.2. The van der Waals surface area contributed by atoms with Gasteiger partial charge in [0.05, 0.1) is 12.5 Å². The van der Waals surface area contributed by atoms with E-state index < -0.39 is 26.9 Å². The molecule has 0 aliphatic carbocycles. The molecule has 0 radical (unpaired) electrons. The van der Waals surface area contributed by atoms with Crippen molar-refractivity contribution in [3.8, 4) is 6.07 Å². The Morgan fingerprint density at radius 2 is 2.29 bits per heavy atom. The summed E-state index contributed by atoms with van der Waals surface area (Å²) in [6, 6.07) is 3.67. The summed E-state index contributed by atoms with van der Waals surface area (Å²) in [4.78, 5) is 3.53. The van der Waals surface area contributed by atoms with Gasteiger partial charge in [-0.05, 0) is 19.1 Å². The lowest BCUT2D eigenvalue weighted by Crippen LogP contribution is -2.35. The number of hydrogen-bond acceptors (Lipinski definition) is 4. The van der Waals surface area contributed by atoms with E-state index in [0.717, 1.165) is 10.4 Å². The minimum atomic E-state index is -3.99. The summed E-state index contributed by atoms with van der Waals surface area (Å²) >= 11 is 0. The lowest BCUT2D eigenvalue weighted by molar-refractivity contribution is 0.388. The van der Waals surface area contributed by atoms with Gasteiger partial charge in [0.25, 0.3) is 10.0 Å². The Morgan fingerprint density at radius 3 is 2.82 bits per heavy atom. The van der Waals surface area contributed by atoms with Crippen LogP contribution in [0.3, 0.4) is 0 Å². The van der Waals surface area contributed by atoms with E-state index in [1.165, 1.54) is 19.3 Å². The van der Waals surface area contributed by atoms with Gasteiger partial charge in [-0.1, -0.05) is 0 Å². The van der Waals surface area contributed by atoms with Crippen molar-refractivity contribution < 1.29 is 12.8 Å². The van der Waals surface area contributed by atoms with Crippen LogP contribution in [0, 0.1) is 17.1 Å². The molecule has 0 saturated carbocycles. The SMILES string of the molecule is CC(CC#N)N(C)S(=O)(=O)c1ncccc1F. The molecule has 17 heavy (non-hydrogen) atoms. The lowest BCUT2D eigenvalue weighted by atomic mass is 10.3. The third-order valence-corrected chi connectivity index (χ3v) is 4.26. The molecule has 0 aliphatic heterocycles. The number of sulfonamides is 1. The molecule has 0 bridgehead atoms. The topological polar surface area (TPSA) is 74.1 Å². The lowest BCUT2D eigenvalue weighted by Gasteiger charge is -2.21. The fraction of sp³-hybridized carbons (Fsp3) is 0.400. The molecule has 0 aliphatic rings. The first-order valence-electron chi connectivity index (χ1n) is 4.86. The van der Waals surface area contributed by atoms with Crippen molar-refractivity contribution in [3.63, 3.8) is 0 Å². The molecule has 1 atom stereocenters. The van der Waals surface area contributed by atoms with Gasteiger partial charge in [-0.15, -0.1) is 0 Å². The summed E-state index contributed by atoms with van der Waals surface area (Å²) in [5.41, 5.74) is 0. The minimum Gasteiger partial charge on any atom is -0.241 e. The van der Waals surface area contributed by atoms with E-state index in [0.29, 0.717) is 0 Å². The zero-order valence-corrected chi connectivity index (χ0v) is 10.3. The summed E-state index contributed by atoms with van der Waals surface area (Å²) < 4.78 is 38.3. The molecule has 1 aromatic rings. The predicted molar refractivity (Wildman–Crippen MR) is 58.8 cm³/mol. The molecule has 0 aromatic carbocycles. The van der Waals surface area contributed by atoms with Crippen LogP contribution in [0.5, 0.6) is 0 Å². The van der Waals surface area contributed by atoms with Crippen LogP contribution in [-0.4, -0.2) is 30.8 Å². The van der Waals surface area contributed by atoms with Gasteiger partial charge in [-0.3, -0.25) is 0 Å². The van der Waals surface area contributed by atoms with Gasteiger partial charge in [-0.2, -0.15) is 9.57 Å². The third kappa shape index (κ3) is 2.78. The second-order valence-electron chi connectivity index (χ2n) is 3.52. The number of rotatable bonds is 4. The van der Waals surface area contributed by atoms with Gasteiger partial charge in [0.15, 0.2) is 5.82 Å². The maximum atomic E-state index is 13.4. The van der Waals surface area contributed by atoms with E-state index in [-0.39, 0.29) is 6.42 Å². The molecule has 92 valence electrons. The van der Waals surface area contributed by atoms with E-state index >= 15 is 0 Å². The highest BCUT2D eigenvalue weighted by Crippen LogP contribution is 2.17.